The summed E-state index contributed by atoms with van der Waals surface area (Å²) in [5.41, 5.74) is 0.160. The van der Waals surface area contributed by atoms with E-state index < -0.39 is 11.1 Å². The number of rotatable bonds is 6. The summed E-state index contributed by atoms with van der Waals surface area (Å²) in [6, 6.07) is 4.02. The van der Waals surface area contributed by atoms with Crippen molar-refractivity contribution >= 4 is 12.0 Å². The van der Waals surface area contributed by atoms with Gasteiger partial charge in [-0.25, -0.2) is 9.78 Å². The first-order valence-electron chi connectivity index (χ1n) is 10.9. The van der Waals surface area contributed by atoms with Gasteiger partial charge in [-0.2, -0.15) is 0 Å². The Kier molecular flexibility index (Phi) is 5.19. The number of carbonyl (C=O) groups is 2. The average molecular weight is 416 g/mol. The van der Waals surface area contributed by atoms with Gasteiger partial charge in [0.1, 0.15) is 12.2 Å². The molecule has 3 fully saturated rings. The van der Waals surface area contributed by atoms with Gasteiger partial charge in [0.2, 0.25) is 11.8 Å². The van der Waals surface area contributed by atoms with E-state index in [0.717, 1.165) is 0 Å². The normalized spacial score (nSPS) is 25.5. The maximum Gasteiger partial charge on any atom is 0.410 e. The Balaban J connectivity index is 1.25. The molecule has 1 aromatic rings. The fourth-order valence-electron chi connectivity index (χ4n) is 4.32. The van der Waals surface area contributed by atoms with Crippen LogP contribution in [-0.2, 0) is 9.53 Å². The lowest BCUT2D eigenvalue weighted by atomic mass is 10.1. The van der Waals surface area contributed by atoms with Crippen molar-refractivity contribution in [3.63, 3.8) is 0 Å². The molecule has 2 unspecified atom stereocenters. The van der Waals surface area contributed by atoms with Crippen LogP contribution in [0, 0.1) is 17.8 Å². The quantitative estimate of drug-likeness (QED) is 0.771. The summed E-state index contributed by atoms with van der Waals surface area (Å²) in [5, 5.41) is 3.14. The van der Waals surface area contributed by atoms with Crippen LogP contribution in [0.3, 0.4) is 0 Å². The van der Waals surface area contributed by atoms with Gasteiger partial charge in [-0.05, 0) is 71.3 Å². The van der Waals surface area contributed by atoms with Gasteiger partial charge in [-0.3, -0.25) is 4.79 Å². The van der Waals surface area contributed by atoms with Crippen molar-refractivity contribution in [3.8, 4) is 5.88 Å². The van der Waals surface area contributed by atoms with Gasteiger partial charge in [0.15, 0.2) is 0 Å². The van der Waals surface area contributed by atoms with Crippen LogP contribution in [0.25, 0.3) is 0 Å². The Morgan fingerprint density at radius 3 is 2.43 bits per heavy atom. The number of pyridine rings is 1. The highest BCUT2D eigenvalue weighted by Crippen LogP contribution is 2.52. The third kappa shape index (κ3) is 4.71. The SMILES string of the molecule is CC(C)(COc1ncccc1C1CC1)NC(=O)C1C2CN(C(=O)OC(C)(C)C)CC21. The largest absolute Gasteiger partial charge is 0.475 e. The van der Waals surface area contributed by atoms with Crippen molar-refractivity contribution in [2.45, 2.75) is 64.5 Å². The molecule has 1 saturated heterocycles. The van der Waals surface area contributed by atoms with Crippen LogP contribution in [0.15, 0.2) is 18.3 Å². The number of piperidine rings is 1. The molecule has 7 heteroatoms. The molecule has 1 N–H and O–H groups in total. The Hall–Kier alpha value is -2.31. The van der Waals surface area contributed by atoms with Gasteiger partial charge in [0.25, 0.3) is 0 Å². The number of fused-ring (bicyclic) bond motifs is 1. The molecule has 7 nitrogen and oxygen atoms in total. The van der Waals surface area contributed by atoms with Crippen molar-refractivity contribution in [3.05, 3.63) is 23.9 Å². The zero-order valence-electron chi connectivity index (χ0n) is 18.6. The molecule has 1 aliphatic heterocycles. The molecule has 164 valence electrons. The predicted molar refractivity (Wildman–Crippen MR) is 112 cm³/mol. The van der Waals surface area contributed by atoms with Crippen LogP contribution in [0.4, 0.5) is 4.79 Å². The number of carbonyl (C=O) groups excluding carboxylic acids is 2. The molecule has 0 spiro atoms. The van der Waals surface area contributed by atoms with Crippen LogP contribution in [0.1, 0.15) is 58.9 Å². The van der Waals surface area contributed by atoms with E-state index in [0.29, 0.717) is 31.5 Å². The van der Waals surface area contributed by atoms with Gasteiger partial charge >= 0.3 is 6.09 Å². The molecule has 2 amide bonds. The molecule has 2 heterocycles. The summed E-state index contributed by atoms with van der Waals surface area (Å²) in [6.45, 7) is 11.1. The third-order valence-corrected chi connectivity index (χ3v) is 6.00. The molecule has 30 heavy (non-hydrogen) atoms. The van der Waals surface area contributed by atoms with Crippen LogP contribution >= 0.6 is 0 Å². The van der Waals surface area contributed by atoms with Crippen LogP contribution < -0.4 is 10.1 Å². The maximum absolute atomic E-state index is 12.8. The van der Waals surface area contributed by atoms with Crippen LogP contribution in [-0.4, -0.2) is 52.7 Å². The zero-order valence-corrected chi connectivity index (χ0v) is 18.6. The highest BCUT2D eigenvalue weighted by atomic mass is 16.6. The fourth-order valence-corrected chi connectivity index (χ4v) is 4.32. The topological polar surface area (TPSA) is 80.8 Å². The number of nitrogens with zero attached hydrogens (tertiary/aromatic N) is 2. The van der Waals surface area contributed by atoms with Gasteiger partial charge < -0.3 is 19.7 Å². The molecule has 2 aliphatic carbocycles. The highest BCUT2D eigenvalue weighted by molar-refractivity contribution is 5.84. The van der Waals surface area contributed by atoms with Crippen molar-refractivity contribution in [2.24, 2.45) is 17.8 Å². The summed E-state index contributed by atoms with van der Waals surface area (Å²) < 4.78 is 11.4. The number of ether oxygens (including phenoxy) is 2. The second-order valence-corrected chi connectivity index (χ2v) is 10.6. The first-order valence-corrected chi connectivity index (χ1v) is 10.9. The number of aromatic nitrogens is 1. The minimum atomic E-state index is -0.503. The standard InChI is InChI=1S/C23H33N3O4/c1-22(2,3)30-21(28)26-11-16-17(12-26)18(16)19(27)25-23(4,5)13-29-20-15(14-8-9-14)7-6-10-24-20/h6-7,10,14,16-18H,8-9,11-13H2,1-5H3,(H,25,27). The Labute approximate surface area is 178 Å². The first kappa shape index (κ1) is 20.9. The zero-order chi connectivity index (χ0) is 21.7. The Bertz CT molecular complexity index is 816. The van der Waals surface area contributed by atoms with Crippen LogP contribution in [0.2, 0.25) is 0 Å². The monoisotopic (exact) mass is 415 g/mol. The van der Waals surface area contributed by atoms with Crippen molar-refractivity contribution in [1.29, 1.82) is 0 Å². The lowest BCUT2D eigenvalue weighted by molar-refractivity contribution is -0.125. The second kappa shape index (κ2) is 7.43. The smallest absolute Gasteiger partial charge is 0.410 e. The number of hydrogen-bond donors (Lipinski definition) is 1. The average Bonchev–Trinajstić information content (AvgIpc) is 3.56. The van der Waals surface area contributed by atoms with E-state index in [9.17, 15) is 9.59 Å². The fraction of sp³-hybridized carbons (Fsp3) is 0.696. The summed E-state index contributed by atoms with van der Waals surface area (Å²) in [7, 11) is 0. The number of nitrogens with one attached hydrogen (secondary N) is 1. The first-order chi connectivity index (χ1) is 14.0. The minimum absolute atomic E-state index is 0.0279. The molecule has 0 bridgehead atoms. The van der Waals surface area contributed by atoms with E-state index in [-0.39, 0.29) is 29.8 Å². The van der Waals surface area contributed by atoms with Crippen molar-refractivity contribution < 1.29 is 19.1 Å². The molecule has 4 rings (SSSR count). The van der Waals surface area contributed by atoms with E-state index in [1.807, 2.05) is 40.7 Å². The van der Waals surface area contributed by atoms with Crippen molar-refractivity contribution in [1.82, 2.24) is 15.2 Å². The van der Waals surface area contributed by atoms with Gasteiger partial charge in [-0.1, -0.05) is 6.07 Å². The summed E-state index contributed by atoms with van der Waals surface area (Å²) in [5.74, 6) is 1.72. The Morgan fingerprint density at radius 1 is 1.17 bits per heavy atom. The lowest BCUT2D eigenvalue weighted by Crippen LogP contribution is -2.49. The molecule has 1 aromatic heterocycles. The molecule has 0 radical (unpaired) electrons. The third-order valence-electron chi connectivity index (χ3n) is 6.00. The number of amides is 2. The summed E-state index contributed by atoms with van der Waals surface area (Å²) >= 11 is 0. The van der Waals surface area contributed by atoms with E-state index >= 15 is 0 Å². The number of likely N-dealkylation sites (tertiary alicyclic amines) is 1. The van der Waals surface area contributed by atoms with E-state index in [2.05, 4.69) is 16.4 Å². The predicted octanol–water partition coefficient (Wildman–Crippen LogP) is 3.35. The van der Waals surface area contributed by atoms with Gasteiger partial charge in [0.05, 0.1) is 5.54 Å². The summed E-state index contributed by atoms with van der Waals surface area (Å²) in [6.07, 6.45) is 3.83. The molecule has 0 aromatic carbocycles. The molecule has 2 atom stereocenters. The molecule has 3 aliphatic rings. The Morgan fingerprint density at radius 2 is 1.83 bits per heavy atom. The highest BCUT2D eigenvalue weighted by Gasteiger charge is 2.61. The van der Waals surface area contributed by atoms with Gasteiger partial charge in [0, 0.05) is 30.8 Å². The van der Waals surface area contributed by atoms with Crippen molar-refractivity contribution in [2.75, 3.05) is 19.7 Å². The van der Waals surface area contributed by atoms with Gasteiger partial charge in [-0.15, -0.1) is 0 Å². The molecular formula is C23H33N3O4. The molecule has 2 saturated carbocycles. The second-order valence-electron chi connectivity index (χ2n) is 10.6. The van der Waals surface area contributed by atoms with E-state index in [1.165, 1.54) is 18.4 Å². The maximum atomic E-state index is 12.8. The number of hydrogen-bond acceptors (Lipinski definition) is 5. The minimum Gasteiger partial charge on any atom is -0.475 e. The van der Waals surface area contributed by atoms with E-state index in [4.69, 9.17) is 9.47 Å². The van der Waals surface area contributed by atoms with Crippen LogP contribution in [0.5, 0.6) is 5.88 Å². The van der Waals surface area contributed by atoms with E-state index in [1.54, 1.807) is 11.1 Å². The lowest BCUT2D eigenvalue weighted by Gasteiger charge is -2.28. The summed E-state index contributed by atoms with van der Waals surface area (Å²) in [4.78, 5) is 31.1. The molecular weight excluding hydrogens is 382 g/mol.